The average Bonchev–Trinajstić information content (AvgIpc) is 2.88. The van der Waals surface area contributed by atoms with Gasteiger partial charge in [-0.3, -0.25) is 14.8 Å². The second-order valence-electron chi connectivity index (χ2n) is 7.51. The van der Waals surface area contributed by atoms with Gasteiger partial charge in [0.15, 0.2) is 5.82 Å². The van der Waals surface area contributed by atoms with Crippen LogP contribution >= 0.6 is 0 Å². The van der Waals surface area contributed by atoms with Crippen molar-refractivity contribution in [2.75, 3.05) is 38.2 Å². The van der Waals surface area contributed by atoms with E-state index in [1.165, 1.54) is 0 Å². The SMILES string of the molecule is COc1cncc(N2CCN(C(=O)c3cc(-c4cccnc4)nc4ccccc34)CC2)n1. The number of amides is 1. The van der Waals surface area contributed by atoms with Gasteiger partial charge in [0, 0.05) is 49.5 Å². The van der Waals surface area contributed by atoms with Crippen LogP contribution in [0.15, 0.2) is 67.3 Å². The van der Waals surface area contributed by atoms with Gasteiger partial charge in [0.1, 0.15) is 0 Å². The summed E-state index contributed by atoms with van der Waals surface area (Å²) in [5.41, 5.74) is 3.07. The number of nitrogens with zero attached hydrogens (tertiary/aromatic N) is 6. The smallest absolute Gasteiger partial charge is 0.254 e. The van der Waals surface area contributed by atoms with Crippen molar-refractivity contribution >= 4 is 22.6 Å². The molecule has 0 N–H and O–H groups in total. The fraction of sp³-hybridized carbons (Fsp3) is 0.208. The van der Waals surface area contributed by atoms with Crippen LogP contribution in [0.2, 0.25) is 0 Å². The van der Waals surface area contributed by atoms with Crippen molar-refractivity contribution in [3.8, 4) is 17.1 Å². The minimum absolute atomic E-state index is 0.00474. The molecule has 32 heavy (non-hydrogen) atoms. The maximum Gasteiger partial charge on any atom is 0.254 e. The number of anilines is 1. The number of ether oxygens (including phenoxy) is 1. The van der Waals surface area contributed by atoms with E-state index in [1.54, 1.807) is 31.9 Å². The van der Waals surface area contributed by atoms with Gasteiger partial charge in [-0.15, -0.1) is 0 Å². The molecule has 1 aliphatic rings. The largest absolute Gasteiger partial charge is 0.480 e. The molecule has 0 bridgehead atoms. The summed E-state index contributed by atoms with van der Waals surface area (Å²) in [5, 5.41) is 0.853. The lowest BCUT2D eigenvalue weighted by Gasteiger charge is -2.35. The first kappa shape index (κ1) is 19.9. The standard InChI is InChI=1S/C24H22N6O2/c1-32-23-16-26-15-22(28-23)29-9-11-30(12-10-29)24(31)19-13-21(17-5-4-8-25-14-17)27-20-7-3-2-6-18(19)20/h2-8,13-16H,9-12H2,1H3. The van der Waals surface area contributed by atoms with Crippen LogP contribution in [0.5, 0.6) is 5.88 Å². The molecule has 0 radical (unpaired) electrons. The molecule has 160 valence electrons. The van der Waals surface area contributed by atoms with E-state index < -0.39 is 0 Å². The zero-order valence-electron chi connectivity index (χ0n) is 17.7. The molecular weight excluding hydrogens is 404 g/mol. The summed E-state index contributed by atoms with van der Waals surface area (Å²) in [5.74, 6) is 1.24. The van der Waals surface area contributed by atoms with Crippen LogP contribution in [0.1, 0.15) is 10.4 Å². The van der Waals surface area contributed by atoms with E-state index in [1.807, 2.05) is 47.4 Å². The van der Waals surface area contributed by atoms with Gasteiger partial charge in [-0.2, -0.15) is 4.98 Å². The van der Waals surface area contributed by atoms with Crippen LogP contribution in [0.4, 0.5) is 5.82 Å². The minimum Gasteiger partial charge on any atom is -0.480 e. The molecule has 4 aromatic rings. The molecule has 0 spiro atoms. The highest BCUT2D eigenvalue weighted by molar-refractivity contribution is 6.07. The van der Waals surface area contributed by atoms with Crippen molar-refractivity contribution in [1.29, 1.82) is 0 Å². The Balaban J connectivity index is 1.41. The van der Waals surface area contributed by atoms with Crippen molar-refractivity contribution in [2.24, 2.45) is 0 Å². The topological polar surface area (TPSA) is 84.3 Å². The third kappa shape index (κ3) is 3.82. The molecule has 1 amide bonds. The number of methoxy groups -OCH3 is 1. The van der Waals surface area contributed by atoms with Crippen LogP contribution in [0.25, 0.3) is 22.2 Å². The molecule has 1 aliphatic heterocycles. The highest BCUT2D eigenvalue weighted by atomic mass is 16.5. The number of benzene rings is 1. The maximum absolute atomic E-state index is 13.6. The Morgan fingerprint density at radius 2 is 1.78 bits per heavy atom. The van der Waals surface area contributed by atoms with Gasteiger partial charge in [-0.1, -0.05) is 18.2 Å². The molecule has 0 saturated carbocycles. The van der Waals surface area contributed by atoms with E-state index in [0.717, 1.165) is 28.0 Å². The van der Waals surface area contributed by atoms with Crippen LogP contribution < -0.4 is 9.64 Å². The first-order valence-corrected chi connectivity index (χ1v) is 10.4. The van der Waals surface area contributed by atoms with Gasteiger partial charge in [0.25, 0.3) is 5.91 Å². The number of carbonyl (C=O) groups is 1. The molecule has 1 fully saturated rings. The normalized spacial score (nSPS) is 13.9. The first-order valence-electron chi connectivity index (χ1n) is 10.4. The summed E-state index contributed by atoms with van der Waals surface area (Å²) in [6.45, 7) is 2.53. The molecule has 0 atom stereocenters. The lowest BCUT2D eigenvalue weighted by atomic mass is 10.0. The molecule has 4 heterocycles. The van der Waals surface area contributed by atoms with Crippen LogP contribution in [-0.4, -0.2) is 64.0 Å². The number of hydrogen-bond acceptors (Lipinski definition) is 7. The summed E-state index contributed by atoms with van der Waals surface area (Å²) in [6, 6.07) is 13.5. The fourth-order valence-corrected chi connectivity index (χ4v) is 3.91. The quantitative estimate of drug-likeness (QED) is 0.496. The molecule has 0 aliphatic carbocycles. The van der Waals surface area contributed by atoms with E-state index in [2.05, 4.69) is 19.9 Å². The van der Waals surface area contributed by atoms with Gasteiger partial charge >= 0.3 is 0 Å². The van der Waals surface area contributed by atoms with E-state index in [9.17, 15) is 4.79 Å². The summed E-state index contributed by atoms with van der Waals surface area (Å²) in [4.78, 5) is 35.1. The third-order valence-electron chi connectivity index (χ3n) is 5.60. The number of rotatable bonds is 4. The molecule has 8 heteroatoms. The van der Waals surface area contributed by atoms with E-state index in [4.69, 9.17) is 9.72 Å². The summed E-state index contributed by atoms with van der Waals surface area (Å²) < 4.78 is 5.18. The van der Waals surface area contributed by atoms with Gasteiger partial charge < -0.3 is 14.5 Å². The van der Waals surface area contributed by atoms with Crippen LogP contribution in [0.3, 0.4) is 0 Å². The first-order chi connectivity index (χ1) is 15.7. The molecule has 1 aromatic carbocycles. The van der Waals surface area contributed by atoms with Gasteiger partial charge in [0.2, 0.25) is 5.88 Å². The second-order valence-corrected chi connectivity index (χ2v) is 7.51. The number of piperazine rings is 1. The predicted molar refractivity (Wildman–Crippen MR) is 122 cm³/mol. The summed E-state index contributed by atoms with van der Waals surface area (Å²) >= 11 is 0. The zero-order chi connectivity index (χ0) is 21.9. The number of fused-ring (bicyclic) bond motifs is 1. The third-order valence-corrected chi connectivity index (χ3v) is 5.60. The Bertz CT molecular complexity index is 1260. The minimum atomic E-state index is 0.00474. The lowest BCUT2D eigenvalue weighted by molar-refractivity contribution is 0.0748. The van der Waals surface area contributed by atoms with E-state index in [-0.39, 0.29) is 5.91 Å². The zero-order valence-corrected chi connectivity index (χ0v) is 17.7. The Morgan fingerprint density at radius 1 is 0.938 bits per heavy atom. The molecule has 3 aromatic heterocycles. The number of pyridine rings is 2. The summed E-state index contributed by atoms with van der Waals surface area (Å²) in [6.07, 6.45) is 6.79. The Morgan fingerprint density at radius 3 is 2.56 bits per heavy atom. The van der Waals surface area contributed by atoms with Gasteiger partial charge in [0.05, 0.1) is 36.3 Å². The van der Waals surface area contributed by atoms with E-state index >= 15 is 0 Å². The van der Waals surface area contributed by atoms with Crippen molar-refractivity contribution in [2.45, 2.75) is 0 Å². The molecule has 1 saturated heterocycles. The van der Waals surface area contributed by atoms with Crippen molar-refractivity contribution in [3.05, 3.63) is 72.8 Å². The number of carbonyl (C=O) groups excluding carboxylic acids is 1. The fourth-order valence-electron chi connectivity index (χ4n) is 3.91. The molecular formula is C24H22N6O2. The molecule has 8 nitrogen and oxygen atoms in total. The summed E-state index contributed by atoms with van der Waals surface area (Å²) in [7, 11) is 1.57. The predicted octanol–water partition coefficient (Wildman–Crippen LogP) is 3.06. The molecule has 0 unspecified atom stereocenters. The Kier molecular flexibility index (Phi) is 5.33. The second kappa shape index (κ2) is 8.58. The highest BCUT2D eigenvalue weighted by Gasteiger charge is 2.25. The monoisotopic (exact) mass is 426 g/mol. The van der Waals surface area contributed by atoms with Gasteiger partial charge in [-0.25, -0.2) is 4.98 Å². The number of aromatic nitrogens is 4. The Hall–Kier alpha value is -4.07. The molecule has 5 rings (SSSR count). The van der Waals surface area contributed by atoms with Crippen molar-refractivity contribution in [1.82, 2.24) is 24.8 Å². The van der Waals surface area contributed by atoms with Crippen LogP contribution in [-0.2, 0) is 0 Å². The van der Waals surface area contributed by atoms with Crippen LogP contribution in [0, 0.1) is 0 Å². The Labute approximate surface area is 185 Å². The van der Waals surface area contributed by atoms with Crippen molar-refractivity contribution in [3.63, 3.8) is 0 Å². The maximum atomic E-state index is 13.6. The van der Waals surface area contributed by atoms with Crippen molar-refractivity contribution < 1.29 is 9.53 Å². The van der Waals surface area contributed by atoms with Gasteiger partial charge in [-0.05, 0) is 24.3 Å². The lowest BCUT2D eigenvalue weighted by Crippen LogP contribution is -2.49. The van der Waals surface area contributed by atoms with E-state index in [0.29, 0.717) is 37.6 Å². The number of para-hydroxylation sites is 1. The average molecular weight is 426 g/mol. The number of hydrogen-bond donors (Lipinski definition) is 0. The highest BCUT2D eigenvalue weighted by Crippen LogP contribution is 2.26.